The van der Waals surface area contributed by atoms with Crippen LogP contribution in [-0.4, -0.2) is 10.9 Å². The number of carbonyl (C=O) groups excluding carboxylic acids is 1. The van der Waals surface area contributed by atoms with E-state index in [9.17, 15) is 18.0 Å². The fraction of sp³-hybridized carbons (Fsp3) is 0.130. The van der Waals surface area contributed by atoms with Gasteiger partial charge >= 0.3 is 6.18 Å². The maximum absolute atomic E-state index is 13.4. The standard InChI is InChI=1S/C23H20F3N3O.ClH/c1-2-4-16-7-8-17(14-20(16)23(24,25)26)29-22(30)18-5-3-6-21(27)19(18)13-15-9-11-28-12-10-15;/h2-12,14H,13,27H2,1H3,(H,29,30);1H. The highest BCUT2D eigenvalue weighted by Crippen LogP contribution is 2.34. The molecule has 31 heavy (non-hydrogen) atoms. The first-order valence-electron chi connectivity index (χ1n) is 9.21. The van der Waals surface area contributed by atoms with Gasteiger partial charge in [-0.3, -0.25) is 9.78 Å². The van der Waals surface area contributed by atoms with Gasteiger partial charge in [-0.1, -0.05) is 24.3 Å². The summed E-state index contributed by atoms with van der Waals surface area (Å²) in [6.45, 7) is 1.64. The lowest BCUT2D eigenvalue weighted by molar-refractivity contribution is -0.137. The second-order valence-electron chi connectivity index (χ2n) is 6.66. The van der Waals surface area contributed by atoms with Gasteiger partial charge in [-0.15, -0.1) is 12.4 Å². The minimum Gasteiger partial charge on any atom is -0.398 e. The third-order valence-corrected chi connectivity index (χ3v) is 4.55. The van der Waals surface area contributed by atoms with Crippen molar-refractivity contribution >= 4 is 35.8 Å². The van der Waals surface area contributed by atoms with E-state index in [2.05, 4.69) is 10.3 Å². The van der Waals surface area contributed by atoms with Crippen LogP contribution >= 0.6 is 12.4 Å². The van der Waals surface area contributed by atoms with Crippen molar-refractivity contribution in [3.63, 3.8) is 0 Å². The molecular formula is C23H21ClF3N3O. The van der Waals surface area contributed by atoms with E-state index in [-0.39, 0.29) is 23.7 Å². The van der Waals surface area contributed by atoms with E-state index in [1.165, 1.54) is 24.3 Å². The fourth-order valence-corrected chi connectivity index (χ4v) is 3.12. The summed E-state index contributed by atoms with van der Waals surface area (Å²) in [5.74, 6) is -0.529. The Balaban J connectivity index is 0.00000341. The SMILES string of the molecule is CC=Cc1ccc(NC(=O)c2cccc(N)c2Cc2ccncc2)cc1C(F)(F)F.Cl. The van der Waals surface area contributed by atoms with Crippen LogP contribution in [0.1, 0.15) is 39.5 Å². The number of hydrogen-bond donors (Lipinski definition) is 2. The molecule has 1 aromatic heterocycles. The number of aromatic nitrogens is 1. The second kappa shape index (κ2) is 10.1. The number of anilines is 2. The van der Waals surface area contributed by atoms with Crippen LogP contribution in [0.2, 0.25) is 0 Å². The van der Waals surface area contributed by atoms with Crippen LogP contribution in [0, 0.1) is 0 Å². The van der Waals surface area contributed by atoms with Crippen molar-refractivity contribution in [3.8, 4) is 0 Å². The van der Waals surface area contributed by atoms with Gasteiger partial charge in [-0.2, -0.15) is 13.2 Å². The molecule has 0 unspecified atom stereocenters. The predicted octanol–water partition coefficient (Wildman–Crippen LogP) is 5.98. The van der Waals surface area contributed by atoms with E-state index >= 15 is 0 Å². The molecule has 1 amide bonds. The highest BCUT2D eigenvalue weighted by Gasteiger charge is 2.33. The van der Waals surface area contributed by atoms with E-state index in [0.717, 1.165) is 11.6 Å². The number of nitrogen functional groups attached to an aromatic ring is 1. The largest absolute Gasteiger partial charge is 0.417 e. The maximum Gasteiger partial charge on any atom is 0.417 e. The van der Waals surface area contributed by atoms with Gasteiger partial charge in [-0.05, 0) is 60.0 Å². The van der Waals surface area contributed by atoms with Gasteiger partial charge in [0.15, 0.2) is 0 Å². The highest BCUT2D eigenvalue weighted by molar-refractivity contribution is 6.06. The molecule has 0 spiro atoms. The second-order valence-corrected chi connectivity index (χ2v) is 6.66. The Morgan fingerprint density at radius 2 is 1.84 bits per heavy atom. The van der Waals surface area contributed by atoms with Crippen LogP contribution in [-0.2, 0) is 12.6 Å². The third kappa shape index (κ3) is 5.86. The number of pyridine rings is 1. The molecule has 0 saturated heterocycles. The lowest BCUT2D eigenvalue weighted by Crippen LogP contribution is -2.16. The van der Waals surface area contributed by atoms with Crippen molar-refractivity contribution in [3.05, 3.63) is 94.8 Å². The zero-order valence-corrected chi connectivity index (χ0v) is 17.4. The van der Waals surface area contributed by atoms with Gasteiger partial charge in [0, 0.05) is 35.8 Å². The smallest absolute Gasteiger partial charge is 0.398 e. The molecule has 0 radical (unpaired) electrons. The molecule has 0 aliphatic carbocycles. The van der Waals surface area contributed by atoms with Crippen LogP contribution in [0.25, 0.3) is 6.08 Å². The van der Waals surface area contributed by atoms with Crippen molar-refractivity contribution < 1.29 is 18.0 Å². The maximum atomic E-state index is 13.4. The number of rotatable bonds is 5. The third-order valence-electron chi connectivity index (χ3n) is 4.55. The summed E-state index contributed by atoms with van der Waals surface area (Å²) in [6, 6.07) is 12.2. The number of nitrogens with one attached hydrogen (secondary N) is 1. The van der Waals surface area contributed by atoms with Gasteiger partial charge in [0.2, 0.25) is 0 Å². The molecule has 3 N–H and O–H groups in total. The van der Waals surface area contributed by atoms with Gasteiger partial charge in [0.1, 0.15) is 0 Å². The Hall–Kier alpha value is -3.32. The van der Waals surface area contributed by atoms with Crippen molar-refractivity contribution in [2.45, 2.75) is 19.5 Å². The molecule has 162 valence electrons. The zero-order chi connectivity index (χ0) is 21.7. The number of carbonyl (C=O) groups is 1. The number of nitrogens with zero attached hydrogens (tertiary/aromatic N) is 1. The van der Waals surface area contributed by atoms with Gasteiger partial charge < -0.3 is 11.1 Å². The molecule has 0 atom stereocenters. The Morgan fingerprint density at radius 1 is 1.13 bits per heavy atom. The van der Waals surface area contributed by atoms with Gasteiger partial charge in [0.05, 0.1) is 5.56 Å². The van der Waals surface area contributed by atoms with Crippen molar-refractivity contribution in [1.29, 1.82) is 0 Å². The number of benzene rings is 2. The quantitative estimate of drug-likeness (QED) is 0.473. The first kappa shape index (κ1) is 24.0. The lowest BCUT2D eigenvalue weighted by Gasteiger charge is -2.15. The molecule has 1 heterocycles. The van der Waals surface area contributed by atoms with Crippen LogP contribution < -0.4 is 11.1 Å². The minimum absolute atomic E-state index is 0. The summed E-state index contributed by atoms with van der Waals surface area (Å²) in [4.78, 5) is 16.8. The summed E-state index contributed by atoms with van der Waals surface area (Å²) in [5.41, 5.74) is 7.59. The monoisotopic (exact) mass is 447 g/mol. The fourth-order valence-electron chi connectivity index (χ4n) is 3.12. The minimum atomic E-state index is -4.54. The Labute approximate surface area is 184 Å². The molecule has 3 aromatic rings. The van der Waals surface area contributed by atoms with Crippen LogP contribution in [0.15, 0.2) is 67.0 Å². The number of hydrogen-bond acceptors (Lipinski definition) is 3. The molecule has 0 fully saturated rings. The molecule has 0 aliphatic rings. The number of alkyl halides is 3. The van der Waals surface area contributed by atoms with Crippen molar-refractivity contribution in [1.82, 2.24) is 4.98 Å². The summed E-state index contributed by atoms with van der Waals surface area (Å²) < 4.78 is 40.2. The average Bonchev–Trinajstić information content (AvgIpc) is 2.71. The van der Waals surface area contributed by atoms with E-state index < -0.39 is 17.6 Å². The van der Waals surface area contributed by atoms with E-state index in [1.807, 2.05) is 12.1 Å². The first-order valence-corrected chi connectivity index (χ1v) is 9.21. The van der Waals surface area contributed by atoms with Crippen LogP contribution in [0.5, 0.6) is 0 Å². The van der Waals surface area contributed by atoms with Crippen molar-refractivity contribution in [2.24, 2.45) is 0 Å². The molecule has 0 aliphatic heterocycles. The summed E-state index contributed by atoms with van der Waals surface area (Å²) in [7, 11) is 0. The molecule has 3 rings (SSSR count). The molecule has 2 aromatic carbocycles. The first-order chi connectivity index (χ1) is 14.3. The number of halogens is 4. The Morgan fingerprint density at radius 3 is 2.48 bits per heavy atom. The Bertz CT molecular complexity index is 1080. The lowest BCUT2D eigenvalue weighted by atomic mass is 9.98. The average molecular weight is 448 g/mol. The number of amides is 1. The van der Waals surface area contributed by atoms with Crippen LogP contribution in [0.4, 0.5) is 24.5 Å². The predicted molar refractivity (Wildman–Crippen MR) is 119 cm³/mol. The number of allylic oxidation sites excluding steroid dienone is 1. The molecule has 0 saturated carbocycles. The summed E-state index contributed by atoms with van der Waals surface area (Å²) in [5, 5.41) is 2.56. The number of nitrogens with two attached hydrogens (primary N) is 1. The van der Waals surface area contributed by atoms with Gasteiger partial charge in [0.25, 0.3) is 5.91 Å². The Kier molecular flexibility index (Phi) is 7.83. The molecule has 0 bridgehead atoms. The topological polar surface area (TPSA) is 68.0 Å². The van der Waals surface area contributed by atoms with E-state index in [1.54, 1.807) is 37.5 Å². The highest BCUT2D eigenvalue weighted by atomic mass is 35.5. The van der Waals surface area contributed by atoms with E-state index in [0.29, 0.717) is 23.2 Å². The van der Waals surface area contributed by atoms with Crippen molar-refractivity contribution in [2.75, 3.05) is 11.1 Å². The zero-order valence-electron chi connectivity index (χ0n) is 16.6. The molecular weight excluding hydrogens is 427 g/mol. The summed E-state index contributed by atoms with van der Waals surface area (Å²) in [6.07, 6.45) is 2.03. The van der Waals surface area contributed by atoms with E-state index in [4.69, 9.17) is 5.73 Å². The van der Waals surface area contributed by atoms with Gasteiger partial charge in [-0.25, -0.2) is 0 Å². The normalized spacial score (nSPS) is 11.2. The molecule has 4 nitrogen and oxygen atoms in total. The van der Waals surface area contributed by atoms with Crippen LogP contribution in [0.3, 0.4) is 0 Å². The summed E-state index contributed by atoms with van der Waals surface area (Å²) >= 11 is 0. The molecule has 8 heteroatoms.